The Kier molecular flexibility index (Phi) is 4.98. The molecule has 0 atom stereocenters. The molecule has 1 N–H and O–H groups in total. The van der Waals surface area contributed by atoms with E-state index in [-0.39, 0.29) is 16.4 Å². The molecule has 0 heterocycles. The molecular formula is C15H31NO. The first-order valence-corrected chi connectivity index (χ1v) is 6.60. The van der Waals surface area contributed by atoms with Crippen LogP contribution in [-0.4, -0.2) is 17.4 Å². The number of nitrogens with one attached hydrogen (secondary N) is 1. The maximum atomic E-state index is 12.4. The summed E-state index contributed by atoms with van der Waals surface area (Å²) in [4.78, 5) is 12.4. The summed E-state index contributed by atoms with van der Waals surface area (Å²) in [5, 5.41) is 3.53. The highest BCUT2D eigenvalue weighted by Crippen LogP contribution is 2.35. The maximum absolute atomic E-state index is 12.4. The van der Waals surface area contributed by atoms with Gasteiger partial charge in [-0.15, -0.1) is 0 Å². The maximum Gasteiger partial charge on any atom is 0.143 e. The van der Waals surface area contributed by atoms with Crippen molar-refractivity contribution >= 4 is 5.78 Å². The van der Waals surface area contributed by atoms with Crippen molar-refractivity contribution in [2.24, 2.45) is 10.8 Å². The van der Waals surface area contributed by atoms with E-state index in [0.29, 0.717) is 11.8 Å². The lowest BCUT2D eigenvalue weighted by Gasteiger charge is -2.39. The van der Waals surface area contributed by atoms with Crippen LogP contribution in [0.25, 0.3) is 0 Å². The van der Waals surface area contributed by atoms with Gasteiger partial charge in [-0.25, -0.2) is 0 Å². The zero-order chi connectivity index (χ0) is 14.1. The first kappa shape index (κ1) is 16.6. The summed E-state index contributed by atoms with van der Waals surface area (Å²) in [5.74, 6) is 0.337. The Labute approximate surface area is 108 Å². The second kappa shape index (κ2) is 5.09. The number of rotatable bonds is 5. The van der Waals surface area contributed by atoms with Crippen molar-refractivity contribution in [3.05, 3.63) is 0 Å². The van der Waals surface area contributed by atoms with Gasteiger partial charge in [-0.1, -0.05) is 48.5 Å². The van der Waals surface area contributed by atoms with Gasteiger partial charge in [0.2, 0.25) is 0 Å². The summed E-state index contributed by atoms with van der Waals surface area (Å²) >= 11 is 0. The highest BCUT2D eigenvalue weighted by molar-refractivity contribution is 5.88. The van der Waals surface area contributed by atoms with Crippen molar-refractivity contribution in [1.82, 2.24) is 5.32 Å². The number of hydrogen-bond acceptors (Lipinski definition) is 2. The molecule has 0 saturated carbocycles. The van der Waals surface area contributed by atoms with Crippen LogP contribution in [0.4, 0.5) is 0 Å². The molecule has 2 nitrogen and oxygen atoms in total. The molecule has 0 aliphatic carbocycles. The number of Topliss-reactive ketones (excluding diaryl/α,β-unsaturated/α-hetero) is 1. The van der Waals surface area contributed by atoms with Gasteiger partial charge in [0.25, 0.3) is 0 Å². The smallest absolute Gasteiger partial charge is 0.143 e. The lowest BCUT2D eigenvalue weighted by Crippen LogP contribution is -2.49. The average molecular weight is 241 g/mol. The third-order valence-corrected chi connectivity index (χ3v) is 2.86. The largest absolute Gasteiger partial charge is 0.310 e. The summed E-state index contributed by atoms with van der Waals surface area (Å²) in [6.45, 7) is 18.7. The fourth-order valence-corrected chi connectivity index (χ4v) is 3.03. The second-order valence-corrected chi connectivity index (χ2v) is 7.82. The lowest BCUT2D eigenvalue weighted by molar-refractivity contribution is -0.136. The fourth-order valence-electron chi connectivity index (χ4n) is 3.03. The fraction of sp³-hybridized carbons (Fsp3) is 0.933. The third-order valence-electron chi connectivity index (χ3n) is 2.86. The van der Waals surface area contributed by atoms with Crippen LogP contribution in [0.1, 0.15) is 68.7 Å². The van der Waals surface area contributed by atoms with Crippen LogP contribution in [0.2, 0.25) is 0 Å². The summed E-state index contributed by atoms with van der Waals surface area (Å²) in [7, 11) is 0. The summed E-state index contributed by atoms with van der Waals surface area (Å²) in [6, 6.07) is 0.436. The van der Waals surface area contributed by atoms with Gasteiger partial charge in [-0.3, -0.25) is 4.79 Å². The van der Waals surface area contributed by atoms with Crippen LogP contribution in [0.5, 0.6) is 0 Å². The predicted octanol–water partition coefficient (Wildman–Crippen LogP) is 3.79. The van der Waals surface area contributed by atoms with E-state index < -0.39 is 0 Å². The number of ketones is 1. The van der Waals surface area contributed by atoms with E-state index in [0.717, 1.165) is 6.42 Å². The summed E-state index contributed by atoms with van der Waals surface area (Å²) < 4.78 is 0. The quantitative estimate of drug-likeness (QED) is 0.793. The Balaban J connectivity index is 4.81. The molecular weight excluding hydrogens is 210 g/mol. The highest BCUT2D eigenvalue weighted by atomic mass is 16.1. The zero-order valence-electron chi connectivity index (χ0n) is 13.2. The van der Waals surface area contributed by atoms with Gasteiger partial charge in [-0.05, 0) is 20.3 Å². The predicted molar refractivity (Wildman–Crippen MR) is 75.2 cm³/mol. The van der Waals surface area contributed by atoms with Gasteiger partial charge in [-0.2, -0.15) is 0 Å². The molecule has 0 aromatic carbocycles. The van der Waals surface area contributed by atoms with Crippen LogP contribution in [0.15, 0.2) is 0 Å². The molecule has 0 bridgehead atoms. The van der Waals surface area contributed by atoms with Gasteiger partial charge >= 0.3 is 0 Å². The van der Waals surface area contributed by atoms with E-state index >= 15 is 0 Å². The van der Waals surface area contributed by atoms with Crippen LogP contribution < -0.4 is 5.32 Å². The normalized spacial score (nSPS) is 14.2. The molecule has 0 spiro atoms. The molecule has 102 valence electrons. The van der Waals surface area contributed by atoms with Crippen LogP contribution in [0, 0.1) is 10.8 Å². The van der Waals surface area contributed by atoms with Crippen LogP contribution >= 0.6 is 0 Å². The van der Waals surface area contributed by atoms with Crippen LogP contribution in [0.3, 0.4) is 0 Å². The molecule has 0 amide bonds. The Bertz CT molecular complexity index is 269. The molecule has 0 aromatic rings. The minimum atomic E-state index is -0.288. The topological polar surface area (TPSA) is 29.1 Å². The van der Waals surface area contributed by atoms with E-state index in [2.05, 4.69) is 46.9 Å². The summed E-state index contributed by atoms with van der Waals surface area (Å²) in [5.41, 5.74) is -0.570. The van der Waals surface area contributed by atoms with Gasteiger partial charge in [0.05, 0.1) is 0 Å². The van der Waals surface area contributed by atoms with Gasteiger partial charge in [0.1, 0.15) is 5.78 Å². The Morgan fingerprint density at radius 2 is 1.41 bits per heavy atom. The standard InChI is InChI=1S/C15H31NO/c1-11(2)16-15(8,9)10-14(6,7)12(17)13(3,4)5/h11,16H,10H2,1-9H3. The number of carbonyl (C=O) groups is 1. The zero-order valence-corrected chi connectivity index (χ0v) is 13.2. The van der Waals surface area contributed by atoms with E-state index in [4.69, 9.17) is 0 Å². The number of carbonyl (C=O) groups excluding carboxylic acids is 1. The van der Waals surface area contributed by atoms with Crippen molar-refractivity contribution in [2.45, 2.75) is 80.3 Å². The van der Waals surface area contributed by atoms with Gasteiger partial charge in [0, 0.05) is 22.4 Å². The second-order valence-electron chi connectivity index (χ2n) is 7.82. The van der Waals surface area contributed by atoms with Crippen molar-refractivity contribution in [3.63, 3.8) is 0 Å². The average Bonchev–Trinajstić information content (AvgIpc) is 1.95. The minimum Gasteiger partial charge on any atom is -0.310 e. The SMILES string of the molecule is CC(C)NC(C)(C)CC(C)(C)C(=O)C(C)(C)C. The van der Waals surface area contributed by atoms with Crippen molar-refractivity contribution in [3.8, 4) is 0 Å². The minimum absolute atomic E-state index is 0.0153. The lowest BCUT2D eigenvalue weighted by atomic mass is 9.69. The Morgan fingerprint density at radius 3 is 1.71 bits per heavy atom. The Morgan fingerprint density at radius 1 is 1.00 bits per heavy atom. The molecule has 0 aromatic heterocycles. The van der Waals surface area contributed by atoms with Crippen molar-refractivity contribution in [2.75, 3.05) is 0 Å². The number of hydrogen-bond donors (Lipinski definition) is 1. The van der Waals surface area contributed by atoms with E-state index in [1.807, 2.05) is 20.8 Å². The molecule has 0 radical (unpaired) electrons. The molecule has 0 aliphatic heterocycles. The Hall–Kier alpha value is -0.370. The molecule has 0 unspecified atom stereocenters. The summed E-state index contributed by atoms with van der Waals surface area (Å²) in [6.07, 6.45) is 0.855. The molecule has 2 heteroatoms. The molecule has 0 saturated heterocycles. The van der Waals surface area contributed by atoms with E-state index in [1.165, 1.54) is 0 Å². The van der Waals surface area contributed by atoms with Crippen molar-refractivity contribution in [1.29, 1.82) is 0 Å². The molecule has 0 rings (SSSR count). The third kappa shape index (κ3) is 5.67. The molecule has 0 fully saturated rings. The highest BCUT2D eigenvalue weighted by Gasteiger charge is 2.39. The van der Waals surface area contributed by atoms with E-state index in [1.54, 1.807) is 0 Å². The van der Waals surface area contributed by atoms with Crippen LogP contribution in [-0.2, 0) is 4.79 Å². The monoisotopic (exact) mass is 241 g/mol. The molecule has 17 heavy (non-hydrogen) atoms. The first-order valence-electron chi connectivity index (χ1n) is 6.60. The van der Waals surface area contributed by atoms with Gasteiger partial charge < -0.3 is 5.32 Å². The van der Waals surface area contributed by atoms with Crippen molar-refractivity contribution < 1.29 is 4.79 Å². The van der Waals surface area contributed by atoms with E-state index in [9.17, 15) is 4.79 Å². The molecule has 0 aliphatic rings. The van der Waals surface area contributed by atoms with Gasteiger partial charge in [0.15, 0.2) is 0 Å². The first-order chi connectivity index (χ1) is 7.28.